The van der Waals surface area contributed by atoms with Crippen LogP contribution in [-0.4, -0.2) is 35.1 Å². The summed E-state index contributed by atoms with van der Waals surface area (Å²) in [5.74, 6) is 1.34. The first kappa shape index (κ1) is 16.4. The van der Waals surface area contributed by atoms with Crippen molar-refractivity contribution in [1.82, 2.24) is 20.4 Å². The Morgan fingerprint density at radius 3 is 2.72 bits per heavy atom. The number of aromatic nitrogens is 3. The molecular formula is C17H17N5O3. The number of hydrogen-bond donors (Lipinski definition) is 1. The lowest BCUT2D eigenvalue weighted by Crippen LogP contribution is -2.24. The molecule has 2 aromatic heterocycles. The summed E-state index contributed by atoms with van der Waals surface area (Å²) in [6.07, 6.45) is 1.53. The zero-order chi connectivity index (χ0) is 17.6. The molecule has 0 fully saturated rings. The van der Waals surface area contributed by atoms with Crippen LogP contribution in [0.5, 0.6) is 11.5 Å². The minimum atomic E-state index is -0.392. The van der Waals surface area contributed by atoms with Crippen LogP contribution in [0.4, 0.5) is 5.95 Å². The number of carbonyl (C=O) groups is 1. The van der Waals surface area contributed by atoms with Crippen molar-refractivity contribution >= 4 is 11.9 Å². The largest absolute Gasteiger partial charge is 0.455 e. The second kappa shape index (κ2) is 7.43. The minimum absolute atomic E-state index is 0.0982. The van der Waals surface area contributed by atoms with Crippen molar-refractivity contribution in [2.24, 2.45) is 0 Å². The van der Waals surface area contributed by atoms with Gasteiger partial charge in [0.1, 0.15) is 5.75 Å². The van der Waals surface area contributed by atoms with E-state index in [2.05, 4.69) is 20.4 Å². The van der Waals surface area contributed by atoms with Crippen molar-refractivity contribution in [2.75, 3.05) is 19.0 Å². The summed E-state index contributed by atoms with van der Waals surface area (Å²) in [6, 6.07) is 12.6. The van der Waals surface area contributed by atoms with Crippen LogP contribution in [0.15, 0.2) is 53.2 Å². The molecule has 3 rings (SSSR count). The highest BCUT2D eigenvalue weighted by molar-refractivity contribution is 5.94. The van der Waals surface area contributed by atoms with Crippen LogP contribution in [0, 0.1) is 0 Å². The van der Waals surface area contributed by atoms with E-state index >= 15 is 0 Å². The Labute approximate surface area is 144 Å². The minimum Gasteiger partial charge on any atom is -0.455 e. The molecule has 8 heteroatoms. The van der Waals surface area contributed by atoms with Crippen LogP contribution in [0.2, 0.25) is 0 Å². The van der Waals surface area contributed by atoms with Gasteiger partial charge in [-0.2, -0.15) is 4.98 Å². The first-order valence-corrected chi connectivity index (χ1v) is 7.59. The predicted molar refractivity (Wildman–Crippen MR) is 90.5 cm³/mol. The molecule has 0 saturated carbocycles. The highest BCUT2D eigenvalue weighted by Gasteiger charge is 2.16. The molecule has 1 N–H and O–H groups in total. The van der Waals surface area contributed by atoms with Crippen LogP contribution in [-0.2, 0) is 6.54 Å². The Hall–Kier alpha value is -3.42. The number of carbonyl (C=O) groups excluding carboxylic acids is 1. The van der Waals surface area contributed by atoms with Gasteiger partial charge in [0.15, 0.2) is 11.4 Å². The highest BCUT2D eigenvalue weighted by atomic mass is 16.5. The molecular weight excluding hydrogens is 322 g/mol. The maximum absolute atomic E-state index is 12.4. The Balaban J connectivity index is 1.69. The molecule has 3 aromatic rings. The van der Waals surface area contributed by atoms with E-state index in [1.54, 1.807) is 43.3 Å². The number of anilines is 1. The van der Waals surface area contributed by atoms with E-state index in [0.29, 0.717) is 23.3 Å². The Morgan fingerprint density at radius 2 is 2.00 bits per heavy atom. The molecule has 8 nitrogen and oxygen atoms in total. The van der Waals surface area contributed by atoms with E-state index in [9.17, 15) is 4.79 Å². The number of pyridine rings is 1. The lowest BCUT2D eigenvalue weighted by atomic mass is 10.3. The fraction of sp³-hybridized carbons (Fsp3) is 0.176. The lowest BCUT2D eigenvalue weighted by molar-refractivity contribution is 0.0938. The third-order valence-corrected chi connectivity index (χ3v) is 3.21. The molecule has 0 unspecified atom stereocenters. The van der Waals surface area contributed by atoms with Crippen molar-refractivity contribution in [3.63, 3.8) is 0 Å². The van der Waals surface area contributed by atoms with Gasteiger partial charge in [0.05, 0.1) is 6.54 Å². The molecule has 0 spiro atoms. The fourth-order valence-electron chi connectivity index (χ4n) is 2.00. The Kier molecular flexibility index (Phi) is 4.89. The zero-order valence-electron chi connectivity index (χ0n) is 13.8. The van der Waals surface area contributed by atoms with Gasteiger partial charge in [-0.05, 0) is 29.4 Å². The van der Waals surface area contributed by atoms with Gasteiger partial charge in [0.25, 0.3) is 11.9 Å². The molecule has 128 valence electrons. The van der Waals surface area contributed by atoms with Crippen molar-refractivity contribution in [3.8, 4) is 11.5 Å². The number of nitrogens with one attached hydrogen (secondary N) is 1. The smallest absolute Gasteiger partial charge is 0.274 e. The van der Waals surface area contributed by atoms with Gasteiger partial charge in [0.2, 0.25) is 5.89 Å². The van der Waals surface area contributed by atoms with Gasteiger partial charge in [0, 0.05) is 20.3 Å². The van der Waals surface area contributed by atoms with E-state index in [-0.39, 0.29) is 12.2 Å². The highest BCUT2D eigenvalue weighted by Crippen LogP contribution is 2.23. The summed E-state index contributed by atoms with van der Waals surface area (Å²) in [5, 5.41) is 6.49. The second-order valence-electron chi connectivity index (χ2n) is 5.33. The van der Waals surface area contributed by atoms with Gasteiger partial charge >= 0.3 is 0 Å². The number of amides is 1. The van der Waals surface area contributed by atoms with Crippen LogP contribution >= 0.6 is 0 Å². The van der Waals surface area contributed by atoms with Gasteiger partial charge < -0.3 is 19.5 Å². The normalized spacial score (nSPS) is 10.3. The molecule has 0 radical (unpaired) electrons. The number of ether oxygens (including phenoxy) is 1. The van der Waals surface area contributed by atoms with Gasteiger partial charge in [-0.1, -0.05) is 18.2 Å². The standard InChI is InChI=1S/C17H17N5O3/c1-22(2)17-20-14(25-21-17)11-19-16(23)15-13(9-6-10-18-15)24-12-7-4-3-5-8-12/h3-10H,11H2,1-2H3,(H,19,23). The molecule has 0 saturated heterocycles. The Morgan fingerprint density at radius 1 is 1.20 bits per heavy atom. The van der Waals surface area contributed by atoms with Gasteiger partial charge in [-0.3, -0.25) is 4.79 Å². The number of hydrogen-bond acceptors (Lipinski definition) is 7. The summed E-state index contributed by atoms with van der Waals surface area (Å²) in [4.78, 5) is 22.4. The second-order valence-corrected chi connectivity index (χ2v) is 5.33. The quantitative estimate of drug-likeness (QED) is 0.736. The van der Waals surface area contributed by atoms with Gasteiger partial charge in [-0.25, -0.2) is 4.98 Å². The topological polar surface area (TPSA) is 93.4 Å². The third kappa shape index (κ3) is 4.11. The molecule has 1 amide bonds. The first-order valence-electron chi connectivity index (χ1n) is 7.59. The van der Waals surface area contributed by atoms with E-state index in [1.165, 1.54) is 6.20 Å². The molecule has 0 bridgehead atoms. The van der Waals surface area contributed by atoms with Crippen LogP contribution < -0.4 is 15.0 Å². The molecule has 1 aromatic carbocycles. The Bertz CT molecular complexity index is 848. The van der Waals surface area contributed by atoms with Crippen LogP contribution in [0.25, 0.3) is 0 Å². The van der Waals surface area contributed by atoms with E-state index in [4.69, 9.17) is 9.26 Å². The summed E-state index contributed by atoms with van der Waals surface area (Å²) in [5.41, 5.74) is 0.179. The summed E-state index contributed by atoms with van der Waals surface area (Å²) >= 11 is 0. The maximum atomic E-state index is 12.4. The van der Waals surface area contributed by atoms with Crippen molar-refractivity contribution in [2.45, 2.75) is 6.54 Å². The zero-order valence-corrected chi connectivity index (χ0v) is 13.8. The molecule has 25 heavy (non-hydrogen) atoms. The molecule has 2 heterocycles. The monoisotopic (exact) mass is 339 g/mol. The number of benzene rings is 1. The lowest BCUT2D eigenvalue weighted by Gasteiger charge is -2.09. The van der Waals surface area contributed by atoms with Crippen LogP contribution in [0.1, 0.15) is 16.4 Å². The maximum Gasteiger partial charge on any atom is 0.274 e. The van der Waals surface area contributed by atoms with E-state index in [1.807, 2.05) is 18.2 Å². The molecule has 0 aliphatic heterocycles. The number of rotatable bonds is 6. The number of nitrogens with zero attached hydrogens (tertiary/aromatic N) is 4. The number of para-hydroxylation sites is 1. The van der Waals surface area contributed by atoms with Crippen molar-refractivity contribution in [3.05, 3.63) is 60.2 Å². The van der Waals surface area contributed by atoms with Crippen molar-refractivity contribution < 1.29 is 14.1 Å². The summed E-state index contributed by atoms with van der Waals surface area (Å²) < 4.78 is 10.8. The average Bonchev–Trinajstić information content (AvgIpc) is 3.10. The molecule has 0 atom stereocenters. The SMILES string of the molecule is CN(C)c1noc(CNC(=O)c2ncccc2Oc2ccccc2)n1. The molecule has 0 aliphatic rings. The summed E-state index contributed by atoms with van der Waals surface area (Å²) in [6.45, 7) is 0.0982. The van der Waals surface area contributed by atoms with E-state index in [0.717, 1.165) is 0 Å². The van der Waals surface area contributed by atoms with Crippen LogP contribution in [0.3, 0.4) is 0 Å². The predicted octanol–water partition coefficient (Wildman–Crippen LogP) is 2.25. The fourth-order valence-corrected chi connectivity index (χ4v) is 2.00. The summed E-state index contributed by atoms with van der Waals surface area (Å²) in [7, 11) is 3.60. The first-order chi connectivity index (χ1) is 12.1. The third-order valence-electron chi connectivity index (χ3n) is 3.21. The van der Waals surface area contributed by atoms with E-state index < -0.39 is 5.91 Å². The average molecular weight is 339 g/mol. The van der Waals surface area contributed by atoms with Gasteiger partial charge in [-0.15, -0.1) is 0 Å². The molecule has 0 aliphatic carbocycles. The van der Waals surface area contributed by atoms with Crippen molar-refractivity contribution in [1.29, 1.82) is 0 Å².